The molecule has 0 amide bonds. The summed E-state index contributed by atoms with van der Waals surface area (Å²) >= 11 is 0. The number of aryl methyl sites for hydroxylation is 4. The largest absolute Gasteiger partial charge is 0.0618 e. The maximum atomic E-state index is 2.58. The number of allylic oxidation sites excluding steroid dienone is 2. The lowest BCUT2D eigenvalue weighted by molar-refractivity contribution is 0.268. The molecule has 176 valence electrons. The van der Waals surface area contributed by atoms with Gasteiger partial charge in [0.2, 0.25) is 0 Å². The van der Waals surface area contributed by atoms with Gasteiger partial charge in [-0.05, 0) is 88.4 Å². The van der Waals surface area contributed by atoms with E-state index in [2.05, 4.69) is 91.8 Å². The monoisotopic (exact) mass is 440 g/mol. The molecule has 33 heavy (non-hydrogen) atoms. The molecule has 0 heteroatoms. The zero-order chi connectivity index (χ0) is 23.9. The maximum Gasteiger partial charge on any atom is 0.0120 e. The first-order chi connectivity index (χ1) is 15.9. The second-order valence-corrected chi connectivity index (χ2v) is 10.7. The van der Waals surface area contributed by atoms with Crippen LogP contribution in [0.2, 0.25) is 0 Å². The molecule has 0 saturated heterocycles. The fourth-order valence-electron chi connectivity index (χ4n) is 7.10. The normalized spacial score (nSPS) is 19.4. The third-order valence-electron chi connectivity index (χ3n) is 8.74. The molecule has 0 heterocycles. The van der Waals surface area contributed by atoms with E-state index in [1.807, 2.05) is 0 Å². The van der Waals surface area contributed by atoms with E-state index in [1.54, 1.807) is 44.5 Å². The van der Waals surface area contributed by atoms with E-state index in [0.717, 1.165) is 38.5 Å². The number of hydrogen-bond acceptors (Lipinski definition) is 0. The Bertz CT molecular complexity index is 1020. The topological polar surface area (TPSA) is 0 Å². The summed E-state index contributed by atoms with van der Waals surface area (Å²) in [6.45, 7) is 19.2. The average molecular weight is 441 g/mol. The van der Waals surface area contributed by atoms with E-state index in [1.165, 1.54) is 11.1 Å². The quantitative estimate of drug-likeness (QED) is 0.383. The van der Waals surface area contributed by atoms with Gasteiger partial charge in [-0.2, -0.15) is 0 Å². The van der Waals surface area contributed by atoms with Crippen molar-refractivity contribution in [2.75, 3.05) is 0 Å². The van der Waals surface area contributed by atoms with E-state index in [4.69, 9.17) is 0 Å². The molecule has 0 saturated carbocycles. The molecule has 2 aromatic rings. The third-order valence-corrected chi connectivity index (χ3v) is 8.74. The van der Waals surface area contributed by atoms with Gasteiger partial charge in [-0.3, -0.25) is 0 Å². The molecule has 0 radical (unpaired) electrons. The Morgan fingerprint density at radius 2 is 0.848 bits per heavy atom. The second kappa shape index (κ2) is 9.28. The minimum atomic E-state index is 0.118. The van der Waals surface area contributed by atoms with Gasteiger partial charge in [0, 0.05) is 11.8 Å². The van der Waals surface area contributed by atoms with Crippen LogP contribution in [0.5, 0.6) is 0 Å². The first-order valence-corrected chi connectivity index (χ1v) is 13.6. The van der Waals surface area contributed by atoms with Crippen LogP contribution < -0.4 is 0 Å². The summed E-state index contributed by atoms with van der Waals surface area (Å²) in [7, 11) is 0. The molecule has 0 spiro atoms. The Hall–Kier alpha value is -2.08. The number of rotatable bonds is 8. The van der Waals surface area contributed by atoms with Gasteiger partial charge in [0.15, 0.2) is 0 Å². The highest BCUT2D eigenvalue weighted by Gasteiger charge is 2.47. The molecule has 0 N–H and O–H groups in total. The molecule has 2 unspecified atom stereocenters. The molecule has 2 atom stereocenters. The highest BCUT2D eigenvalue weighted by molar-refractivity contribution is 5.75. The van der Waals surface area contributed by atoms with E-state index in [-0.39, 0.29) is 5.41 Å². The van der Waals surface area contributed by atoms with E-state index >= 15 is 0 Å². The standard InChI is InChI=1S/C33H44/c1-9-21-15-17-23(11-3)29-27(21)19-25(13-5)31(29)33(7,8)32-26(14-6)20-28-22(10-2)16-18-24(12-4)30(28)32/h15-20,31-32H,9-14H2,1-8H3. The zero-order valence-corrected chi connectivity index (χ0v) is 22.4. The van der Waals surface area contributed by atoms with Crippen molar-refractivity contribution >= 4 is 12.2 Å². The van der Waals surface area contributed by atoms with Crippen molar-refractivity contribution in [1.29, 1.82) is 0 Å². The summed E-state index contributed by atoms with van der Waals surface area (Å²) in [5.74, 6) is 0.972. The van der Waals surface area contributed by atoms with E-state index < -0.39 is 0 Å². The van der Waals surface area contributed by atoms with Crippen LogP contribution in [-0.4, -0.2) is 0 Å². The fourth-order valence-corrected chi connectivity index (χ4v) is 7.10. The Balaban J connectivity index is 1.96. The van der Waals surface area contributed by atoms with Crippen LogP contribution in [0, 0.1) is 5.41 Å². The first kappa shape index (κ1) is 24.1. The van der Waals surface area contributed by atoms with Crippen LogP contribution in [0.3, 0.4) is 0 Å². The van der Waals surface area contributed by atoms with Gasteiger partial charge in [-0.1, -0.05) is 103 Å². The van der Waals surface area contributed by atoms with Crippen molar-refractivity contribution < 1.29 is 0 Å². The number of fused-ring (bicyclic) bond motifs is 2. The molecular weight excluding hydrogens is 396 g/mol. The van der Waals surface area contributed by atoms with Gasteiger partial charge in [0.05, 0.1) is 0 Å². The molecule has 0 fully saturated rings. The minimum absolute atomic E-state index is 0.118. The predicted molar refractivity (Wildman–Crippen MR) is 146 cm³/mol. The second-order valence-electron chi connectivity index (χ2n) is 10.7. The number of hydrogen-bond donors (Lipinski definition) is 0. The van der Waals surface area contributed by atoms with Crippen molar-refractivity contribution in [1.82, 2.24) is 0 Å². The summed E-state index contributed by atoms with van der Waals surface area (Å²) in [5.41, 5.74) is 15.9. The molecular formula is C33H44. The Labute approximate surface area is 203 Å². The first-order valence-electron chi connectivity index (χ1n) is 13.6. The van der Waals surface area contributed by atoms with Crippen LogP contribution in [0.25, 0.3) is 12.2 Å². The maximum absolute atomic E-state index is 2.58. The zero-order valence-electron chi connectivity index (χ0n) is 22.4. The summed E-state index contributed by atoms with van der Waals surface area (Å²) in [4.78, 5) is 0. The summed E-state index contributed by atoms with van der Waals surface area (Å²) in [6.07, 6.45) is 11.9. The van der Waals surface area contributed by atoms with Crippen LogP contribution in [0.15, 0.2) is 35.4 Å². The third kappa shape index (κ3) is 3.65. The molecule has 0 aromatic heterocycles. The van der Waals surface area contributed by atoms with Crippen LogP contribution in [0.1, 0.15) is 125 Å². The van der Waals surface area contributed by atoms with Crippen molar-refractivity contribution in [2.24, 2.45) is 5.41 Å². The molecule has 2 aliphatic rings. The predicted octanol–water partition coefficient (Wildman–Crippen LogP) is 9.44. The lowest BCUT2D eigenvalue weighted by Gasteiger charge is -2.43. The Morgan fingerprint density at radius 3 is 1.15 bits per heavy atom. The average Bonchev–Trinajstić information content (AvgIpc) is 3.42. The SMILES string of the molecule is CCC1=Cc2c(CC)ccc(CC)c2C1C(C)(C)C1C(CC)=Cc2c(CC)ccc(CC)c21. The van der Waals surface area contributed by atoms with Crippen LogP contribution in [0.4, 0.5) is 0 Å². The van der Waals surface area contributed by atoms with Gasteiger partial charge < -0.3 is 0 Å². The Morgan fingerprint density at radius 1 is 0.515 bits per heavy atom. The van der Waals surface area contributed by atoms with Crippen molar-refractivity contribution in [2.45, 2.75) is 106 Å². The minimum Gasteiger partial charge on any atom is -0.0618 e. The van der Waals surface area contributed by atoms with Gasteiger partial charge >= 0.3 is 0 Å². The summed E-state index contributed by atoms with van der Waals surface area (Å²) < 4.78 is 0. The summed E-state index contributed by atoms with van der Waals surface area (Å²) in [6, 6.07) is 9.64. The molecule has 2 aromatic carbocycles. The van der Waals surface area contributed by atoms with E-state index in [9.17, 15) is 0 Å². The lowest BCUT2D eigenvalue weighted by Crippen LogP contribution is -2.31. The van der Waals surface area contributed by atoms with Crippen molar-refractivity contribution in [3.8, 4) is 0 Å². The molecule has 0 nitrogen and oxygen atoms in total. The molecule has 2 aliphatic carbocycles. The van der Waals surface area contributed by atoms with Crippen molar-refractivity contribution in [3.05, 3.63) is 79.9 Å². The van der Waals surface area contributed by atoms with Gasteiger partial charge in [-0.25, -0.2) is 0 Å². The van der Waals surface area contributed by atoms with E-state index in [0.29, 0.717) is 11.8 Å². The molecule has 4 rings (SSSR count). The summed E-state index contributed by atoms with van der Waals surface area (Å²) in [5, 5.41) is 0. The Kier molecular flexibility index (Phi) is 6.77. The fraction of sp³-hybridized carbons (Fsp3) is 0.515. The molecule has 0 bridgehead atoms. The highest BCUT2D eigenvalue weighted by atomic mass is 14.5. The molecule has 0 aliphatic heterocycles. The van der Waals surface area contributed by atoms with Crippen LogP contribution in [-0.2, 0) is 25.7 Å². The lowest BCUT2D eigenvalue weighted by atomic mass is 9.60. The van der Waals surface area contributed by atoms with Gasteiger partial charge in [-0.15, -0.1) is 0 Å². The van der Waals surface area contributed by atoms with Gasteiger partial charge in [0.25, 0.3) is 0 Å². The smallest absolute Gasteiger partial charge is 0.0120 e. The van der Waals surface area contributed by atoms with Crippen molar-refractivity contribution in [3.63, 3.8) is 0 Å². The van der Waals surface area contributed by atoms with Crippen LogP contribution >= 0.6 is 0 Å². The highest BCUT2D eigenvalue weighted by Crippen LogP contribution is 2.61. The van der Waals surface area contributed by atoms with Gasteiger partial charge in [0.1, 0.15) is 0 Å². The number of benzene rings is 2.